The third-order valence-electron chi connectivity index (χ3n) is 4.40. The first-order valence-electron chi connectivity index (χ1n) is 6.83. The molecule has 0 amide bonds. The summed E-state index contributed by atoms with van der Waals surface area (Å²) in [5.41, 5.74) is 2.96. The van der Waals surface area contributed by atoms with E-state index in [2.05, 4.69) is 57.1 Å². The molecule has 1 aliphatic rings. The normalized spacial score (nSPS) is 26.4. The first-order valence-corrected chi connectivity index (χ1v) is 6.83. The zero-order valence-corrected chi connectivity index (χ0v) is 11.6. The lowest BCUT2D eigenvalue weighted by Crippen LogP contribution is -2.29. The van der Waals surface area contributed by atoms with Gasteiger partial charge in [-0.05, 0) is 50.4 Å². The molecule has 0 aliphatic heterocycles. The fraction of sp³-hybridized carbons (Fsp3) is 0.625. The smallest absolute Gasteiger partial charge is 0.0375 e. The molecule has 0 spiro atoms. The van der Waals surface area contributed by atoms with Crippen molar-refractivity contribution in [2.45, 2.75) is 39.2 Å². The van der Waals surface area contributed by atoms with Gasteiger partial charge in [0.1, 0.15) is 0 Å². The molecule has 3 atom stereocenters. The third-order valence-corrected chi connectivity index (χ3v) is 4.40. The van der Waals surface area contributed by atoms with Crippen molar-refractivity contribution in [1.82, 2.24) is 4.90 Å². The molecular weight excluding hydrogens is 206 g/mol. The van der Waals surface area contributed by atoms with Gasteiger partial charge in [0.25, 0.3) is 0 Å². The number of benzene rings is 1. The van der Waals surface area contributed by atoms with Crippen molar-refractivity contribution in [3.63, 3.8) is 0 Å². The average Bonchev–Trinajstić information content (AvgIpc) is 2.68. The summed E-state index contributed by atoms with van der Waals surface area (Å²) in [5, 5.41) is 0. The second-order valence-electron chi connectivity index (χ2n) is 5.84. The Hall–Kier alpha value is -0.820. The van der Waals surface area contributed by atoms with Gasteiger partial charge in [0.15, 0.2) is 0 Å². The maximum atomic E-state index is 2.42. The molecule has 0 saturated heterocycles. The Labute approximate surface area is 106 Å². The summed E-state index contributed by atoms with van der Waals surface area (Å²) < 4.78 is 0. The maximum absolute atomic E-state index is 2.42. The fourth-order valence-corrected chi connectivity index (χ4v) is 3.45. The molecule has 1 aliphatic carbocycles. The van der Waals surface area contributed by atoms with Crippen LogP contribution in [0.4, 0.5) is 0 Å². The SMILES string of the molecule is Cc1ccccc1[C@H](C1CCCC1C)N(C)C. The Morgan fingerprint density at radius 2 is 1.88 bits per heavy atom. The minimum Gasteiger partial charge on any atom is -0.302 e. The predicted molar refractivity (Wildman–Crippen MR) is 74.1 cm³/mol. The summed E-state index contributed by atoms with van der Waals surface area (Å²) in [6, 6.07) is 9.46. The zero-order valence-electron chi connectivity index (χ0n) is 11.6. The van der Waals surface area contributed by atoms with Crippen molar-refractivity contribution in [3.05, 3.63) is 35.4 Å². The summed E-state index contributed by atoms with van der Waals surface area (Å²) in [6.07, 6.45) is 4.20. The number of hydrogen-bond donors (Lipinski definition) is 0. The molecule has 94 valence electrons. The van der Waals surface area contributed by atoms with Crippen LogP contribution in [0.2, 0.25) is 0 Å². The molecule has 1 saturated carbocycles. The topological polar surface area (TPSA) is 3.24 Å². The second-order valence-corrected chi connectivity index (χ2v) is 5.84. The van der Waals surface area contributed by atoms with Gasteiger partial charge in [-0.1, -0.05) is 44.0 Å². The van der Waals surface area contributed by atoms with E-state index in [1.54, 1.807) is 0 Å². The van der Waals surface area contributed by atoms with E-state index in [0.717, 1.165) is 11.8 Å². The van der Waals surface area contributed by atoms with Gasteiger partial charge in [-0.15, -0.1) is 0 Å². The summed E-state index contributed by atoms with van der Waals surface area (Å²) >= 11 is 0. The van der Waals surface area contributed by atoms with Crippen LogP contribution in [0, 0.1) is 18.8 Å². The average molecular weight is 231 g/mol. The Morgan fingerprint density at radius 3 is 2.41 bits per heavy atom. The summed E-state index contributed by atoms with van der Waals surface area (Å²) in [6.45, 7) is 4.66. The Morgan fingerprint density at radius 1 is 1.18 bits per heavy atom. The highest BCUT2D eigenvalue weighted by atomic mass is 15.1. The molecule has 0 N–H and O–H groups in total. The number of aryl methyl sites for hydroxylation is 1. The number of rotatable bonds is 3. The van der Waals surface area contributed by atoms with Crippen molar-refractivity contribution in [1.29, 1.82) is 0 Å². The molecule has 0 aromatic heterocycles. The van der Waals surface area contributed by atoms with Gasteiger partial charge < -0.3 is 4.90 Å². The minimum absolute atomic E-state index is 0.591. The molecular formula is C16H25N. The van der Waals surface area contributed by atoms with Gasteiger partial charge in [0.05, 0.1) is 0 Å². The molecule has 1 fully saturated rings. The minimum atomic E-state index is 0.591. The van der Waals surface area contributed by atoms with Crippen molar-refractivity contribution in [2.24, 2.45) is 11.8 Å². The van der Waals surface area contributed by atoms with E-state index in [0.29, 0.717) is 6.04 Å². The van der Waals surface area contributed by atoms with Gasteiger partial charge in [0, 0.05) is 6.04 Å². The number of hydrogen-bond acceptors (Lipinski definition) is 1. The summed E-state index contributed by atoms with van der Waals surface area (Å²) in [7, 11) is 4.45. The lowest BCUT2D eigenvalue weighted by molar-refractivity contribution is 0.182. The van der Waals surface area contributed by atoms with Crippen molar-refractivity contribution < 1.29 is 0 Å². The van der Waals surface area contributed by atoms with Crippen LogP contribution in [0.3, 0.4) is 0 Å². The highest BCUT2D eigenvalue weighted by Gasteiger charge is 2.33. The summed E-state index contributed by atoms with van der Waals surface area (Å²) in [4.78, 5) is 2.41. The first kappa shape index (κ1) is 12.6. The molecule has 1 aromatic carbocycles. The monoisotopic (exact) mass is 231 g/mol. The van der Waals surface area contributed by atoms with Crippen LogP contribution in [0.1, 0.15) is 43.4 Å². The highest BCUT2D eigenvalue weighted by Crippen LogP contribution is 2.42. The van der Waals surface area contributed by atoms with E-state index in [4.69, 9.17) is 0 Å². The van der Waals surface area contributed by atoms with Gasteiger partial charge >= 0.3 is 0 Å². The Kier molecular flexibility index (Phi) is 3.88. The molecule has 0 bridgehead atoms. The van der Waals surface area contributed by atoms with Gasteiger partial charge in [-0.3, -0.25) is 0 Å². The van der Waals surface area contributed by atoms with Crippen LogP contribution in [0.25, 0.3) is 0 Å². The predicted octanol–water partition coefficient (Wildman–Crippen LogP) is 4.03. The van der Waals surface area contributed by atoms with Gasteiger partial charge in [0.2, 0.25) is 0 Å². The molecule has 1 nitrogen and oxygen atoms in total. The van der Waals surface area contributed by atoms with E-state index < -0.39 is 0 Å². The summed E-state index contributed by atoms with van der Waals surface area (Å²) in [5.74, 6) is 1.69. The van der Waals surface area contributed by atoms with E-state index in [1.807, 2.05) is 0 Å². The molecule has 0 heterocycles. The number of nitrogens with zero attached hydrogens (tertiary/aromatic N) is 1. The van der Waals surface area contributed by atoms with Crippen LogP contribution < -0.4 is 0 Å². The van der Waals surface area contributed by atoms with Crippen LogP contribution in [0.5, 0.6) is 0 Å². The van der Waals surface area contributed by atoms with Crippen LogP contribution in [-0.2, 0) is 0 Å². The molecule has 0 radical (unpaired) electrons. The standard InChI is InChI=1S/C16H25N/c1-12-8-5-6-10-14(12)16(17(3)4)15-11-7-9-13(15)2/h5-6,8,10,13,15-16H,7,9,11H2,1-4H3/t13?,15?,16-/m1/s1. The fourth-order valence-electron chi connectivity index (χ4n) is 3.45. The first-order chi connectivity index (χ1) is 8.11. The molecule has 1 aromatic rings. The van der Waals surface area contributed by atoms with E-state index in [-0.39, 0.29) is 0 Å². The largest absolute Gasteiger partial charge is 0.302 e. The Balaban J connectivity index is 2.32. The van der Waals surface area contributed by atoms with Gasteiger partial charge in [-0.2, -0.15) is 0 Å². The van der Waals surface area contributed by atoms with Crippen LogP contribution in [0.15, 0.2) is 24.3 Å². The second kappa shape index (κ2) is 5.22. The van der Waals surface area contributed by atoms with E-state index in [9.17, 15) is 0 Å². The molecule has 2 unspecified atom stereocenters. The van der Waals surface area contributed by atoms with Crippen molar-refractivity contribution in [2.75, 3.05) is 14.1 Å². The van der Waals surface area contributed by atoms with Crippen LogP contribution in [-0.4, -0.2) is 19.0 Å². The lowest BCUT2D eigenvalue weighted by atomic mass is 9.83. The van der Waals surface area contributed by atoms with E-state index in [1.165, 1.54) is 30.4 Å². The quantitative estimate of drug-likeness (QED) is 0.759. The molecule has 1 heteroatoms. The Bertz CT molecular complexity index is 370. The van der Waals surface area contributed by atoms with Crippen molar-refractivity contribution >= 4 is 0 Å². The van der Waals surface area contributed by atoms with E-state index >= 15 is 0 Å². The lowest BCUT2D eigenvalue weighted by Gasteiger charge is -2.34. The van der Waals surface area contributed by atoms with Crippen LogP contribution >= 0.6 is 0 Å². The van der Waals surface area contributed by atoms with Crippen molar-refractivity contribution in [3.8, 4) is 0 Å². The third kappa shape index (κ3) is 2.55. The highest BCUT2D eigenvalue weighted by molar-refractivity contribution is 5.29. The maximum Gasteiger partial charge on any atom is 0.0375 e. The van der Waals surface area contributed by atoms with Gasteiger partial charge in [-0.25, -0.2) is 0 Å². The zero-order chi connectivity index (χ0) is 12.4. The molecule has 17 heavy (non-hydrogen) atoms. The molecule has 2 rings (SSSR count).